The van der Waals surface area contributed by atoms with E-state index in [9.17, 15) is 4.79 Å². The summed E-state index contributed by atoms with van der Waals surface area (Å²) in [5.74, 6) is 1.46. The molecule has 1 aliphatic rings. The number of hydrogen-bond donors (Lipinski definition) is 1. The number of esters is 1. The van der Waals surface area contributed by atoms with Crippen LogP contribution in [0.2, 0.25) is 0 Å². The maximum absolute atomic E-state index is 10.9. The number of hydrogen-bond acceptors (Lipinski definition) is 5. The van der Waals surface area contributed by atoms with Crippen molar-refractivity contribution in [3.05, 3.63) is 23.8 Å². The van der Waals surface area contributed by atoms with Gasteiger partial charge < -0.3 is 19.5 Å². The molecule has 0 aromatic heterocycles. The van der Waals surface area contributed by atoms with Crippen LogP contribution in [0.5, 0.6) is 11.5 Å². The molecule has 5 heteroatoms. The minimum Gasteiger partial charge on any atom is -0.486 e. The van der Waals surface area contributed by atoms with E-state index in [-0.39, 0.29) is 5.97 Å². The largest absolute Gasteiger partial charge is 0.486 e. The van der Waals surface area contributed by atoms with E-state index < -0.39 is 0 Å². The molecule has 19 heavy (non-hydrogen) atoms. The summed E-state index contributed by atoms with van der Waals surface area (Å²) in [5.41, 5.74) is 1.08. The number of benzene rings is 1. The molecule has 2 rings (SSSR count). The second-order valence-electron chi connectivity index (χ2n) is 4.30. The third kappa shape index (κ3) is 3.86. The Morgan fingerprint density at radius 2 is 2.21 bits per heavy atom. The fourth-order valence-corrected chi connectivity index (χ4v) is 1.96. The zero-order chi connectivity index (χ0) is 13.5. The maximum atomic E-state index is 10.9. The lowest BCUT2D eigenvalue weighted by molar-refractivity contribution is -0.140. The van der Waals surface area contributed by atoms with E-state index in [0.717, 1.165) is 30.0 Å². The van der Waals surface area contributed by atoms with Gasteiger partial charge in [0.1, 0.15) is 13.2 Å². The molecule has 0 amide bonds. The summed E-state index contributed by atoms with van der Waals surface area (Å²) in [6, 6.07) is 5.88. The zero-order valence-electron chi connectivity index (χ0n) is 11.1. The third-order valence-corrected chi connectivity index (χ3v) is 2.93. The highest BCUT2D eigenvalue weighted by atomic mass is 16.6. The first kappa shape index (κ1) is 13.7. The predicted octanol–water partition coefficient (Wildman–Crippen LogP) is 1.50. The molecule has 1 heterocycles. The molecule has 0 fully saturated rings. The maximum Gasteiger partial charge on any atom is 0.305 e. The van der Waals surface area contributed by atoms with Crippen LogP contribution in [-0.4, -0.2) is 32.8 Å². The van der Waals surface area contributed by atoms with Gasteiger partial charge in [-0.25, -0.2) is 0 Å². The molecule has 0 saturated carbocycles. The van der Waals surface area contributed by atoms with Gasteiger partial charge in [0.05, 0.1) is 7.11 Å². The Bertz CT molecular complexity index is 433. The molecule has 1 N–H and O–H groups in total. The Morgan fingerprint density at radius 1 is 1.37 bits per heavy atom. The van der Waals surface area contributed by atoms with Gasteiger partial charge in [-0.05, 0) is 19.0 Å². The van der Waals surface area contributed by atoms with E-state index in [1.807, 2.05) is 18.2 Å². The van der Waals surface area contributed by atoms with Crippen LogP contribution in [0.25, 0.3) is 0 Å². The van der Waals surface area contributed by atoms with Crippen molar-refractivity contribution in [1.82, 2.24) is 5.32 Å². The highest BCUT2D eigenvalue weighted by Crippen LogP contribution is 2.33. The van der Waals surface area contributed by atoms with Crippen molar-refractivity contribution in [3.63, 3.8) is 0 Å². The number of rotatable bonds is 6. The van der Waals surface area contributed by atoms with Gasteiger partial charge in [0, 0.05) is 18.5 Å². The molecule has 0 bridgehead atoms. The van der Waals surface area contributed by atoms with Crippen LogP contribution in [0.15, 0.2) is 18.2 Å². The number of nitrogens with one attached hydrogen (secondary N) is 1. The fraction of sp³-hybridized carbons (Fsp3) is 0.500. The molecular weight excluding hydrogens is 246 g/mol. The first-order chi connectivity index (χ1) is 9.31. The lowest BCUT2D eigenvalue weighted by Crippen LogP contribution is -2.20. The van der Waals surface area contributed by atoms with Gasteiger partial charge in [-0.1, -0.05) is 12.1 Å². The van der Waals surface area contributed by atoms with Crippen LogP contribution in [0.4, 0.5) is 0 Å². The summed E-state index contributed by atoms with van der Waals surface area (Å²) in [4.78, 5) is 10.9. The molecule has 0 radical (unpaired) electrons. The van der Waals surface area contributed by atoms with Crippen molar-refractivity contribution in [1.29, 1.82) is 0 Å². The standard InChI is InChI=1S/C14H19NO4/c1-17-13(16)6-3-7-15-10-11-4-2-5-12-14(11)19-9-8-18-12/h2,4-5,15H,3,6-10H2,1H3. The van der Waals surface area contributed by atoms with E-state index in [2.05, 4.69) is 10.1 Å². The second-order valence-corrected chi connectivity index (χ2v) is 4.30. The van der Waals surface area contributed by atoms with Gasteiger partial charge in [-0.15, -0.1) is 0 Å². The lowest BCUT2D eigenvalue weighted by Gasteiger charge is -2.21. The van der Waals surface area contributed by atoms with E-state index >= 15 is 0 Å². The van der Waals surface area contributed by atoms with Crippen LogP contribution in [0.1, 0.15) is 18.4 Å². The van der Waals surface area contributed by atoms with E-state index in [1.165, 1.54) is 7.11 Å². The van der Waals surface area contributed by atoms with Crippen LogP contribution in [0, 0.1) is 0 Å². The van der Waals surface area contributed by atoms with Crippen molar-refractivity contribution in [2.75, 3.05) is 26.9 Å². The van der Waals surface area contributed by atoms with E-state index in [0.29, 0.717) is 26.2 Å². The molecule has 0 spiro atoms. The van der Waals surface area contributed by atoms with Crippen molar-refractivity contribution >= 4 is 5.97 Å². The van der Waals surface area contributed by atoms with Crippen molar-refractivity contribution < 1.29 is 19.0 Å². The van der Waals surface area contributed by atoms with Crippen molar-refractivity contribution in [2.24, 2.45) is 0 Å². The van der Waals surface area contributed by atoms with Gasteiger partial charge in [-0.2, -0.15) is 0 Å². The van der Waals surface area contributed by atoms with E-state index in [1.54, 1.807) is 0 Å². The Labute approximate surface area is 112 Å². The first-order valence-electron chi connectivity index (χ1n) is 6.46. The topological polar surface area (TPSA) is 56.8 Å². The summed E-state index contributed by atoms with van der Waals surface area (Å²) >= 11 is 0. The predicted molar refractivity (Wildman–Crippen MR) is 70.4 cm³/mol. The monoisotopic (exact) mass is 265 g/mol. The Morgan fingerprint density at radius 3 is 3.05 bits per heavy atom. The third-order valence-electron chi connectivity index (χ3n) is 2.93. The average molecular weight is 265 g/mol. The minimum absolute atomic E-state index is 0.171. The first-order valence-corrected chi connectivity index (χ1v) is 6.46. The average Bonchev–Trinajstić information content (AvgIpc) is 2.46. The quantitative estimate of drug-likeness (QED) is 0.624. The van der Waals surface area contributed by atoms with Crippen LogP contribution in [-0.2, 0) is 16.1 Å². The number of fused-ring (bicyclic) bond motifs is 1. The Balaban J connectivity index is 1.78. The second kappa shape index (κ2) is 6.99. The molecule has 0 unspecified atom stereocenters. The molecule has 1 aromatic carbocycles. The van der Waals surface area contributed by atoms with Crippen LogP contribution >= 0.6 is 0 Å². The summed E-state index contributed by atoms with van der Waals surface area (Å²) in [5, 5.41) is 3.29. The Kier molecular flexibility index (Phi) is 5.03. The number of para-hydroxylation sites is 1. The molecule has 1 aromatic rings. The SMILES string of the molecule is COC(=O)CCCNCc1cccc2c1OCCO2. The van der Waals surface area contributed by atoms with Gasteiger partial charge in [0.2, 0.25) is 0 Å². The number of methoxy groups -OCH3 is 1. The minimum atomic E-state index is -0.171. The van der Waals surface area contributed by atoms with Gasteiger partial charge in [0.25, 0.3) is 0 Å². The van der Waals surface area contributed by atoms with E-state index in [4.69, 9.17) is 9.47 Å². The molecule has 0 aliphatic carbocycles. The molecule has 5 nitrogen and oxygen atoms in total. The highest BCUT2D eigenvalue weighted by molar-refractivity contribution is 5.69. The molecular formula is C14H19NO4. The van der Waals surface area contributed by atoms with Crippen molar-refractivity contribution in [3.8, 4) is 11.5 Å². The van der Waals surface area contributed by atoms with Crippen molar-refractivity contribution in [2.45, 2.75) is 19.4 Å². The highest BCUT2D eigenvalue weighted by Gasteiger charge is 2.14. The number of ether oxygens (including phenoxy) is 3. The van der Waals surface area contributed by atoms with Gasteiger partial charge in [-0.3, -0.25) is 4.79 Å². The van der Waals surface area contributed by atoms with Gasteiger partial charge in [0.15, 0.2) is 11.5 Å². The zero-order valence-corrected chi connectivity index (χ0v) is 11.1. The van der Waals surface area contributed by atoms with Crippen LogP contribution in [0.3, 0.4) is 0 Å². The summed E-state index contributed by atoms with van der Waals surface area (Å²) in [7, 11) is 1.41. The smallest absolute Gasteiger partial charge is 0.305 e. The summed E-state index contributed by atoms with van der Waals surface area (Å²) in [6.07, 6.45) is 1.20. The normalized spacial score (nSPS) is 13.1. The number of carbonyl (C=O) groups excluding carboxylic acids is 1. The van der Waals surface area contributed by atoms with Crippen LogP contribution < -0.4 is 14.8 Å². The summed E-state index contributed by atoms with van der Waals surface area (Å²) in [6.45, 7) is 2.66. The Hall–Kier alpha value is -1.75. The lowest BCUT2D eigenvalue weighted by atomic mass is 10.1. The van der Waals surface area contributed by atoms with Gasteiger partial charge >= 0.3 is 5.97 Å². The molecule has 1 aliphatic heterocycles. The summed E-state index contributed by atoms with van der Waals surface area (Å²) < 4.78 is 15.7. The molecule has 0 atom stereocenters. The number of carbonyl (C=O) groups is 1. The molecule has 0 saturated heterocycles. The molecule has 104 valence electrons. The fourth-order valence-electron chi connectivity index (χ4n) is 1.96.